The number of nitrogens with zero attached hydrogens (tertiary/aromatic N) is 2. The van der Waals surface area contributed by atoms with Gasteiger partial charge in [-0.25, -0.2) is 9.59 Å². The van der Waals surface area contributed by atoms with E-state index in [-0.39, 0.29) is 0 Å². The second-order valence-corrected chi connectivity index (χ2v) is 11.6. The summed E-state index contributed by atoms with van der Waals surface area (Å²) in [4.78, 5) is 34.0. The van der Waals surface area contributed by atoms with E-state index in [4.69, 9.17) is 9.47 Å². The van der Waals surface area contributed by atoms with Crippen LogP contribution in [0.4, 0.5) is 11.4 Å². The molecule has 5 aromatic rings. The van der Waals surface area contributed by atoms with Gasteiger partial charge in [0.05, 0.1) is 11.4 Å². The predicted molar refractivity (Wildman–Crippen MR) is 191 cm³/mol. The molecule has 0 aliphatic carbocycles. The average Bonchev–Trinajstić information content (AvgIpc) is 3.07. The summed E-state index contributed by atoms with van der Waals surface area (Å²) in [6.45, 7) is 0. The number of carbonyl (C=O) groups is 2. The molecular weight excluding hydrogens is 708 g/mol. The molecule has 0 atom stereocenters. The highest BCUT2D eigenvalue weighted by molar-refractivity contribution is 9.10. The van der Waals surface area contributed by atoms with Crippen molar-refractivity contribution in [1.29, 1.82) is 0 Å². The lowest BCUT2D eigenvalue weighted by Gasteiger charge is -2.05. The van der Waals surface area contributed by atoms with Crippen LogP contribution in [-0.2, 0) is 9.59 Å². The van der Waals surface area contributed by atoms with Crippen molar-refractivity contribution in [3.63, 3.8) is 0 Å². The largest absolute Gasteiger partial charge is 0.423 e. The number of para-hydroxylation sites is 2. The summed E-state index contributed by atoms with van der Waals surface area (Å²) in [5.74, 6) is -0.166. The van der Waals surface area contributed by atoms with E-state index in [9.17, 15) is 9.59 Å². The molecular formula is C38H26Br2N2O4. The topological polar surface area (TPSA) is 77.3 Å². The third kappa shape index (κ3) is 9.92. The Labute approximate surface area is 283 Å². The van der Waals surface area contributed by atoms with Gasteiger partial charge in [0.1, 0.15) is 11.5 Å². The van der Waals surface area contributed by atoms with Crippen LogP contribution in [-0.4, -0.2) is 24.4 Å². The number of benzene rings is 5. The standard InChI is InChI=1S/C38H26Br2N2O4/c39-31-15-9-27(10-16-31)13-23-37(43)45-35-7-3-1-5-29(35)25-41-33-19-21-34(22-20-33)42-26-30-6-2-4-8-36(30)46-38(44)24-14-28-11-17-32(40)18-12-28/h1-26H/b23-13+,24-14+,41-25?,42-26?. The molecule has 5 rings (SSSR count). The van der Waals surface area contributed by atoms with E-state index in [1.54, 1.807) is 48.8 Å². The summed E-state index contributed by atoms with van der Waals surface area (Å²) < 4.78 is 13.1. The van der Waals surface area contributed by atoms with Crippen LogP contribution < -0.4 is 9.47 Å². The Morgan fingerprint density at radius 1 is 0.500 bits per heavy atom. The summed E-state index contributed by atoms with van der Waals surface area (Å²) in [6, 6.07) is 36.9. The second-order valence-electron chi connectivity index (χ2n) is 9.72. The minimum atomic E-state index is -0.487. The number of aliphatic imine (C=N–C) groups is 2. The zero-order valence-electron chi connectivity index (χ0n) is 24.3. The van der Waals surface area contributed by atoms with Crippen LogP contribution in [0, 0.1) is 0 Å². The molecule has 0 spiro atoms. The molecule has 5 aromatic carbocycles. The number of rotatable bonds is 10. The maximum Gasteiger partial charge on any atom is 0.336 e. The number of halogens is 2. The minimum absolute atomic E-state index is 0.404. The Balaban J connectivity index is 1.19. The monoisotopic (exact) mass is 732 g/mol. The summed E-state index contributed by atoms with van der Waals surface area (Å²) in [6.07, 6.45) is 9.47. The second kappa shape index (κ2) is 16.2. The lowest BCUT2D eigenvalue weighted by Crippen LogP contribution is -2.05. The van der Waals surface area contributed by atoms with Crippen molar-refractivity contribution < 1.29 is 19.1 Å². The van der Waals surface area contributed by atoms with Gasteiger partial charge in [-0.1, -0.05) is 80.4 Å². The van der Waals surface area contributed by atoms with Crippen molar-refractivity contribution in [2.24, 2.45) is 9.98 Å². The van der Waals surface area contributed by atoms with E-state index in [0.717, 1.165) is 20.1 Å². The summed E-state index contributed by atoms with van der Waals surface area (Å²) in [5.41, 5.74) is 4.48. The molecule has 46 heavy (non-hydrogen) atoms. The Bertz CT molecular complexity index is 1790. The Morgan fingerprint density at radius 2 is 0.870 bits per heavy atom. The van der Waals surface area contributed by atoms with Gasteiger partial charge in [0.2, 0.25) is 0 Å². The first kappa shape index (κ1) is 32.2. The van der Waals surface area contributed by atoms with Gasteiger partial charge >= 0.3 is 11.9 Å². The third-order valence-corrected chi connectivity index (χ3v) is 7.44. The molecule has 0 amide bonds. The van der Waals surface area contributed by atoms with Crippen LogP contribution in [0.5, 0.6) is 11.5 Å². The quantitative estimate of drug-likeness (QED) is 0.0620. The third-order valence-electron chi connectivity index (χ3n) is 6.38. The first-order chi connectivity index (χ1) is 22.4. The molecule has 0 fully saturated rings. The normalized spacial score (nSPS) is 11.5. The lowest BCUT2D eigenvalue weighted by molar-refractivity contribution is -0.129. The number of esters is 2. The Kier molecular flexibility index (Phi) is 11.4. The fourth-order valence-electron chi connectivity index (χ4n) is 4.03. The highest BCUT2D eigenvalue weighted by Gasteiger charge is 2.07. The first-order valence-electron chi connectivity index (χ1n) is 14.1. The van der Waals surface area contributed by atoms with Crippen LogP contribution in [0.25, 0.3) is 12.2 Å². The molecule has 0 heterocycles. The van der Waals surface area contributed by atoms with Gasteiger partial charge in [-0.05, 0) is 96.1 Å². The van der Waals surface area contributed by atoms with E-state index in [1.807, 2.05) is 97.1 Å². The van der Waals surface area contributed by atoms with Crippen LogP contribution >= 0.6 is 31.9 Å². The van der Waals surface area contributed by atoms with Gasteiger partial charge in [0.15, 0.2) is 0 Å². The maximum atomic E-state index is 12.4. The predicted octanol–water partition coefficient (Wildman–Crippen LogP) is 9.95. The number of hydrogen-bond donors (Lipinski definition) is 0. The Morgan fingerprint density at radius 3 is 1.26 bits per heavy atom. The van der Waals surface area contributed by atoms with E-state index in [1.165, 1.54) is 12.2 Å². The smallest absolute Gasteiger partial charge is 0.336 e. The molecule has 0 saturated carbocycles. The molecule has 0 bridgehead atoms. The fourth-order valence-corrected chi connectivity index (χ4v) is 4.56. The van der Waals surface area contributed by atoms with E-state index >= 15 is 0 Å². The highest BCUT2D eigenvalue weighted by atomic mass is 79.9. The van der Waals surface area contributed by atoms with Crippen LogP contribution in [0.3, 0.4) is 0 Å². The number of carbonyl (C=O) groups excluding carboxylic acids is 2. The summed E-state index contributed by atoms with van der Waals surface area (Å²) in [5, 5.41) is 0. The molecule has 226 valence electrons. The zero-order chi connectivity index (χ0) is 32.1. The van der Waals surface area contributed by atoms with Gasteiger partial charge in [-0.3, -0.25) is 9.98 Å². The summed E-state index contributed by atoms with van der Waals surface area (Å²) >= 11 is 6.79. The minimum Gasteiger partial charge on any atom is -0.423 e. The fraction of sp³-hybridized carbons (Fsp3) is 0. The first-order valence-corrected chi connectivity index (χ1v) is 15.7. The van der Waals surface area contributed by atoms with Crippen molar-refractivity contribution >= 4 is 79.8 Å². The average molecular weight is 734 g/mol. The molecule has 0 aliphatic heterocycles. The van der Waals surface area contributed by atoms with E-state index < -0.39 is 11.9 Å². The van der Waals surface area contributed by atoms with Crippen molar-refractivity contribution in [3.8, 4) is 11.5 Å². The molecule has 6 nitrogen and oxygen atoms in total. The van der Waals surface area contributed by atoms with Gasteiger partial charge in [0, 0.05) is 44.7 Å². The van der Waals surface area contributed by atoms with Crippen LogP contribution in [0.15, 0.2) is 152 Å². The van der Waals surface area contributed by atoms with Crippen molar-refractivity contribution in [3.05, 3.63) is 165 Å². The van der Waals surface area contributed by atoms with Crippen molar-refractivity contribution in [2.75, 3.05) is 0 Å². The zero-order valence-corrected chi connectivity index (χ0v) is 27.5. The summed E-state index contributed by atoms with van der Waals surface area (Å²) in [7, 11) is 0. The molecule has 0 aliphatic rings. The molecule has 0 N–H and O–H groups in total. The van der Waals surface area contributed by atoms with Crippen molar-refractivity contribution in [1.82, 2.24) is 0 Å². The lowest BCUT2D eigenvalue weighted by atomic mass is 10.2. The van der Waals surface area contributed by atoms with Crippen LogP contribution in [0.1, 0.15) is 22.3 Å². The van der Waals surface area contributed by atoms with E-state index in [2.05, 4.69) is 41.8 Å². The van der Waals surface area contributed by atoms with Gasteiger partial charge in [0.25, 0.3) is 0 Å². The molecule has 8 heteroatoms. The number of ether oxygens (including phenoxy) is 2. The van der Waals surface area contributed by atoms with Gasteiger partial charge < -0.3 is 9.47 Å². The number of hydrogen-bond acceptors (Lipinski definition) is 6. The Hall–Kier alpha value is -5.18. The van der Waals surface area contributed by atoms with E-state index in [0.29, 0.717) is 34.0 Å². The van der Waals surface area contributed by atoms with Gasteiger partial charge in [-0.2, -0.15) is 0 Å². The van der Waals surface area contributed by atoms with Gasteiger partial charge in [-0.15, -0.1) is 0 Å². The van der Waals surface area contributed by atoms with Crippen molar-refractivity contribution in [2.45, 2.75) is 0 Å². The maximum absolute atomic E-state index is 12.4. The molecule has 0 unspecified atom stereocenters. The highest BCUT2D eigenvalue weighted by Crippen LogP contribution is 2.23. The molecule has 0 aromatic heterocycles. The molecule has 0 saturated heterocycles. The van der Waals surface area contributed by atoms with Crippen LogP contribution in [0.2, 0.25) is 0 Å². The SMILES string of the molecule is O=C(/C=C/c1ccc(Br)cc1)Oc1ccccc1C=Nc1ccc(N=Cc2ccccc2OC(=O)/C=C/c2ccc(Br)cc2)cc1. The molecule has 0 radical (unpaired) electrons.